The van der Waals surface area contributed by atoms with Crippen LogP contribution in [0.15, 0.2) is 41.1 Å². The topological polar surface area (TPSA) is 29.9 Å². The van der Waals surface area contributed by atoms with Gasteiger partial charge in [0.1, 0.15) is 0 Å². The van der Waals surface area contributed by atoms with Crippen molar-refractivity contribution in [1.82, 2.24) is 9.55 Å². The summed E-state index contributed by atoms with van der Waals surface area (Å²) in [5.41, 5.74) is 1.12. The van der Waals surface area contributed by atoms with Crippen molar-refractivity contribution in [3.8, 4) is 5.69 Å². The summed E-state index contributed by atoms with van der Waals surface area (Å²) in [6.07, 6.45) is 6.31. The first-order valence-electron chi connectivity index (χ1n) is 5.39. The highest BCUT2D eigenvalue weighted by molar-refractivity contribution is 9.10. The van der Waals surface area contributed by atoms with Gasteiger partial charge >= 0.3 is 0 Å². The minimum atomic E-state index is 0.619. The Morgan fingerprint density at radius 1 is 1.38 bits per heavy atom. The molecule has 0 bridgehead atoms. The average molecular weight is 278 g/mol. The second kappa shape index (κ2) is 3.94. The van der Waals surface area contributed by atoms with Gasteiger partial charge in [-0.25, -0.2) is 4.98 Å². The van der Waals surface area contributed by atoms with Gasteiger partial charge in [0.2, 0.25) is 5.95 Å². The fourth-order valence-corrected chi connectivity index (χ4v) is 2.04. The Labute approximate surface area is 103 Å². The molecule has 0 unspecified atom stereocenters. The van der Waals surface area contributed by atoms with Crippen molar-refractivity contribution in [2.45, 2.75) is 18.9 Å². The smallest absolute Gasteiger partial charge is 0.207 e. The zero-order valence-corrected chi connectivity index (χ0v) is 10.3. The Kier molecular flexibility index (Phi) is 2.44. The number of rotatable bonds is 3. The van der Waals surface area contributed by atoms with Gasteiger partial charge in [-0.05, 0) is 31.0 Å². The maximum absolute atomic E-state index is 4.34. The number of nitrogens with one attached hydrogen (secondary N) is 1. The molecule has 1 fully saturated rings. The van der Waals surface area contributed by atoms with E-state index in [0.29, 0.717) is 6.04 Å². The third-order valence-electron chi connectivity index (χ3n) is 2.64. The lowest BCUT2D eigenvalue weighted by atomic mass is 10.3. The second-order valence-corrected chi connectivity index (χ2v) is 4.94. The van der Waals surface area contributed by atoms with Crippen LogP contribution in [0.3, 0.4) is 0 Å². The van der Waals surface area contributed by atoms with E-state index in [1.54, 1.807) is 0 Å². The zero-order valence-electron chi connectivity index (χ0n) is 8.73. The summed E-state index contributed by atoms with van der Waals surface area (Å²) in [4.78, 5) is 4.34. The number of nitrogens with zero attached hydrogens (tertiary/aromatic N) is 2. The van der Waals surface area contributed by atoms with Crippen LogP contribution < -0.4 is 5.32 Å². The largest absolute Gasteiger partial charge is 0.353 e. The number of hydrogen-bond donors (Lipinski definition) is 1. The first-order valence-corrected chi connectivity index (χ1v) is 6.18. The fraction of sp³-hybridized carbons (Fsp3) is 0.250. The van der Waals surface area contributed by atoms with Gasteiger partial charge in [-0.2, -0.15) is 0 Å². The van der Waals surface area contributed by atoms with Gasteiger partial charge in [-0.3, -0.25) is 4.57 Å². The molecule has 3 nitrogen and oxygen atoms in total. The fourth-order valence-electron chi connectivity index (χ4n) is 1.65. The lowest BCUT2D eigenvalue weighted by Gasteiger charge is -2.09. The molecule has 82 valence electrons. The van der Waals surface area contributed by atoms with Gasteiger partial charge in [0.25, 0.3) is 0 Å². The van der Waals surface area contributed by atoms with Gasteiger partial charge in [0, 0.05) is 28.6 Å². The summed E-state index contributed by atoms with van der Waals surface area (Å²) < 4.78 is 3.15. The predicted molar refractivity (Wildman–Crippen MR) is 67.9 cm³/mol. The van der Waals surface area contributed by atoms with Gasteiger partial charge < -0.3 is 5.32 Å². The Bertz CT molecular complexity index is 502. The van der Waals surface area contributed by atoms with Crippen molar-refractivity contribution in [3.05, 3.63) is 41.1 Å². The number of imidazole rings is 1. The molecule has 4 heteroatoms. The molecule has 1 aromatic carbocycles. The van der Waals surface area contributed by atoms with Crippen LogP contribution in [0, 0.1) is 0 Å². The number of benzene rings is 1. The van der Waals surface area contributed by atoms with Crippen molar-refractivity contribution in [3.63, 3.8) is 0 Å². The molecule has 0 amide bonds. The number of anilines is 1. The SMILES string of the molecule is Brc1cccc(-n2ccnc2NC2CC2)c1. The summed E-state index contributed by atoms with van der Waals surface area (Å²) in [6.45, 7) is 0. The van der Waals surface area contributed by atoms with E-state index in [0.717, 1.165) is 16.1 Å². The number of hydrogen-bond acceptors (Lipinski definition) is 2. The maximum atomic E-state index is 4.34. The highest BCUT2D eigenvalue weighted by Crippen LogP contribution is 2.25. The summed E-state index contributed by atoms with van der Waals surface area (Å²) in [5.74, 6) is 0.931. The quantitative estimate of drug-likeness (QED) is 0.934. The maximum Gasteiger partial charge on any atom is 0.207 e. The molecule has 3 rings (SSSR count). The van der Waals surface area contributed by atoms with E-state index in [1.165, 1.54) is 12.8 Å². The molecule has 1 aromatic heterocycles. The Balaban J connectivity index is 1.95. The summed E-state index contributed by atoms with van der Waals surface area (Å²) in [7, 11) is 0. The van der Waals surface area contributed by atoms with Crippen molar-refractivity contribution in [1.29, 1.82) is 0 Å². The highest BCUT2D eigenvalue weighted by Gasteiger charge is 2.22. The van der Waals surface area contributed by atoms with Crippen LogP contribution in [-0.2, 0) is 0 Å². The monoisotopic (exact) mass is 277 g/mol. The molecule has 0 saturated heterocycles. The summed E-state index contributed by atoms with van der Waals surface area (Å²) in [6, 6.07) is 8.83. The van der Waals surface area contributed by atoms with E-state index in [2.05, 4.69) is 42.9 Å². The van der Waals surface area contributed by atoms with E-state index in [9.17, 15) is 0 Å². The van der Waals surface area contributed by atoms with E-state index in [-0.39, 0.29) is 0 Å². The summed E-state index contributed by atoms with van der Waals surface area (Å²) >= 11 is 3.48. The molecule has 1 heterocycles. The number of aromatic nitrogens is 2. The van der Waals surface area contributed by atoms with Crippen LogP contribution in [0.2, 0.25) is 0 Å². The van der Waals surface area contributed by atoms with Crippen molar-refractivity contribution < 1.29 is 0 Å². The normalized spacial score (nSPS) is 15.1. The lowest BCUT2D eigenvalue weighted by molar-refractivity contribution is 1.00. The van der Waals surface area contributed by atoms with E-state index >= 15 is 0 Å². The van der Waals surface area contributed by atoms with Crippen molar-refractivity contribution in [2.24, 2.45) is 0 Å². The molecular weight excluding hydrogens is 266 g/mol. The van der Waals surface area contributed by atoms with Crippen LogP contribution in [0.25, 0.3) is 5.69 Å². The van der Waals surface area contributed by atoms with E-state index < -0.39 is 0 Å². The van der Waals surface area contributed by atoms with Gasteiger partial charge in [-0.1, -0.05) is 22.0 Å². The van der Waals surface area contributed by atoms with E-state index in [1.807, 2.05) is 24.5 Å². The Morgan fingerprint density at radius 3 is 3.00 bits per heavy atom. The molecule has 0 radical (unpaired) electrons. The lowest BCUT2D eigenvalue weighted by Crippen LogP contribution is -2.07. The highest BCUT2D eigenvalue weighted by atomic mass is 79.9. The van der Waals surface area contributed by atoms with Crippen LogP contribution in [0.4, 0.5) is 5.95 Å². The first-order chi connectivity index (χ1) is 7.83. The third kappa shape index (κ3) is 1.97. The average Bonchev–Trinajstić information content (AvgIpc) is 2.95. The van der Waals surface area contributed by atoms with Crippen LogP contribution in [0.5, 0.6) is 0 Å². The Morgan fingerprint density at radius 2 is 2.25 bits per heavy atom. The van der Waals surface area contributed by atoms with Gasteiger partial charge in [-0.15, -0.1) is 0 Å². The minimum absolute atomic E-state index is 0.619. The molecule has 1 aliphatic carbocycles. The standard InChI is InChI=1S/C12H12BrN3/c13-9-2-1-3-11(8-9)16-7-6-14-12(16)15-10-4-5-10/h1-3,6-8,10H,4-5H2,(H,14,15). The Hall–Kier alpha value is -1.29. The second-order valence-electron chi connectivity index (χ2n) is 4.02. The predicted octanol–water partition coefficient (Wildman–Crippen LogP) is 3.21. The van der Waals surface area contributed by atoms with Crippen LogP contribution in [-0.4, -0.2) is 15.6 Å². The van der Waals surface area contributed by atoms with Crippen LogP contribution >= 0.6 is 15.9 Å². The van der Waals surface area contributed by atoms with Gasteiger partial charge in [0.05, 0.1) is 0 Å². The molecule has 0 atom stereocenters. The number of halogens is 1. The minimum Gasteiger partial charge on any atom is -0.353 e. The van der Waals surface area contributed by atoms with Crippen molar-refractivity contribution >= 4 is 21.9 Å². The first kappa shape index (κ1) is 9.90. The molecular formula is C12H12BrN3. The third-order valence-corrected chi connectivity index (χ3v) is 3.13. The molecule has 2 aromatic rings. The van der Waals surface area contributed by atoms with Gasteiger partial charge in [0.15, 0.2) is 0 Å². The van der Waals surface area contributed by atoms with Crippen molar-refractivity contribution in [2.75, 3.05) is 5.32 Å². The molecule has 16 heavy (non-hydrogen) atoms. The summed E-state index contributed by atoms with van der Waals surface area (Å²) in [5, 5.41) is 3.42. The molecule has 1 saturated carbocycles. The van der Waals surface area contributed by atoms with Crippen LogP contribution in [0.1, 0.15) is 12.8 Å². The molecule has 1 N–H and O–H groups in total. The molecule has 0 aliphatic heterocycles. The zero-order chi connectivity index (χ0) is 11.0. The van der Waals surface area contributed by atoms with E-state index in [4.69, 9.17) is 0 Å². The molecule has 1 aliphatic rings. The molecule has 0 spiro atoms.